The molecule has 0 atom stereocenters. The third-order valence-corrected chi connectivity index (χ3v) is 2.91. The molecule has 0 spiro atoms. The van der Waals surface area contributed by atoms with Crippen molar-refractivity contribution in [2.45, 2.75) is 6.92 Å². The molecule has 5 heteroatoms. The predicted octanol–water partition coefficient (Wildman–Crippen LogP) is 2.73. The summed E-state index contributed by atoms with van der Waals surface area (Å²) in [5, 5.41) is 18.9. The molecule has 0 bridgehead atoms. The Labute approximate surface area is 120 Å². The average molecular weight is 283 g/mol. The summed E-state index contributed by atoms with van der Waals surface area (Å²) in [4.78, 5) is 26.3. The molecule has 0 radical (unpaired) electrons. The third kappa shape index (κ3) is 3.54. The minimum absolute atomic E-state index is 0.0971. The summed E-state index contributed by atoms with van der Waals surface area (Å²) in [5.41, 5.74) is 1.27. The number of hydrogen-bond acceptors (Lipinski definition) is 3. The van der Waals surface area contributed by atoms with E-state index in [-0.39, 0.29) is 11.1 Å². The van der Waals surface area contributed by atoms with Crippen LogP contribution in [0.3, 0.4) is 0 Å². The van der Waals surface area contributed by atoms with Crippen molar-refractivity contribution in [1.29, 1.82) is 0 Å². The third-order valence-electron chi connectivity index (χ3n) is 2.91. The van der Waals surface area contributed by atoms with Gasteiger partial charge in [-0.15, -0.1) is 0 Å². The monoisotopic (exact) mass is 283 g/mol. The van der Waals surface area contributed by atoms with Gasteiger partial charge in [-0.3, -0.25) is 0 Å². The van der Waals surface area contributed by atoms with E-state index in [0.29, 0.717) is 5.69 Å². The molecule has 2 aromatic rings. The van der Waals surface area contributed by atoms with Gasteiger partial charge in [0.15, 0.2) is 0 Å². The quantitative estimate of drug-likeness (QED) is 0.665. The Balaban J connectivity index is 2.49. The molecule has 1 aromatic heterocycles. The number of rotatable bonds is 4. The lowest BCUT2D eigenvalue weighted by Gasteiger charge is -2.03. The first-order valence-electron chi connectivity index (χ1n) is 6.20. The van der Waals surface area contributed by atoms with Crippen LogP contribution >= 0.6 is 0 Å². The Morgan fingerprint density at radius 1 is 1.10 bits per heavy atom. The molecule has 2 rings (SSSR count). The van der Waals surface area contributed by atoms with Crippen LogP contribution in [0.5, 0.6) is 0 Å². The second kappa shape index (κ2) is 6.00. The van der Waals surface area contributed by atoms with E-state index in [2.05, 4.69) is 4.98 Å². The summed E-state index contributed by atoms with van der Waals surface area (Å²) in [6.45, 7) is 1.44. The molecule has 5 nitrogen and oxygen atoms in total. The van der Waals surface area contributed by atoms with Crippen LogP contribution in [0.25, 0.3) is 17.0 Å². The molecular weight excluding hydrogens is 270 g/mol. The van der Waals surface area contributed by atoms with E-state index in [1.807, 2.05) is 30.3 Å². The van der Waals surface area contributed by atoms with Crippen molar-refractivity contribution >= 4 is 28.9 Å². The van der Waals surface area contributed by atoms with Gasteiger partial charge in [-0.25, -0.2) is 14.6 Å². The smallest absolute Gasteiger partial charge is 0.336 e. The van der Waals surface area contributed by atoms with Crippen LogP contribution in [0, 0.1) is 0 Å². The lowest BCUT2D eigenvalue weighted by atomic mass is 10.1. The molecule has 106 valence electrons. The fourth-order valence-electron chi connectivity index (χ4n) is 1.92. The Hall–Kier alpha value is -2.95. The largest absolute Gasteiger partial charge is 0.478 e. The first kappa shape index (κ1) is 14.5. The van der Waals surface area contributed by atoms with Crippen LogP contribution in [0.1, 0.15) is 12.6 Å². The molecule has 0 fully saturated rings. The summed E-state index contributed by atoms with van der Waals surface area (Å²) in [7, 11) is 0. The van der Waals surface area contributed by atoms with Crippen molar-refractivity contribution in [1.82, 2.24) is 4.98 Å². The highest BCUT2D eigenvalue weighted by atomic mass is 16.4. The van der Waals surface area contributed by atoms with Crippen LogP contribution < -0.4 is 0 Å². The maximum absolute atomic E-state index is 11.3. The van der Waals surface area contributed by atoms with Crippen molar-refractivity contribution in [3.8, 4) is 0 Å². The van der Waals surface area contributed by atoms with Crippen molar-refractivity contribution < 1.29 is 19.8 Å². The van der Waals surface area contributed by atoms with Gasteiger partial charge in [0.1, 0.15) is 0 Å². The highest BCUT2D eigenvalue weighted by Crippen LogP contribution is 2.17. The maximum Gasteiger partial charge on any atom is 0.336 e. The summed E-state index contributed by atoms with van der Waals surface area (Å²) in [6, 6.07) is 11.0. The minimum atomic E-state index is -1.19. The lowest BCUT2D eigenvalue weighted by Crippen LogP contribution is -2.04. The number of carboxylic acid groups (broad SMARTS) is 2. The Bertz CT molecular complexity index is 775. The topological polar surface area (TPSA) is 87.5 Å². The predicted molar refractivity (Wildman–Crippen MR) is 78.7 cm³/mol. The molecule has 1 heterocycles. The standard InChI is InChI=1S/C16H13NO4/c1-10(8-15(18)19)13(16(20)21)9-12-7-6-11-4-2-3-5-14(11)17-12/h2-9H,1H3,(H,18,19)(H,20,21)/b10-8+,13-9+. The normalized spacial score (nSPS) is 12.4. The van der Waals surface area contributed by atoms with Crippen LogP contribution in [0.4, 0.5) is 0 Å². The van der Waals surface area contributed by atoms with Gasteiger partial charge in [0, 0.05) is 11.5 Å². The van der Waals surface area contributed by atoms with Crippen LogP contribution in [0.15, 0.2) is 53.6 Å². The number of benzene rings is 1. The maximum atomic E-state index is 11.3. The van der Waals surface area contributed by atoms with Gasteiger partial charge in [-0.2, -0.15) is 0 Å². The molecule has 21 heavy (non-hydrogen) atoms. The zero-order chi connectivity index (χ0) is 15.4. The first-order chi connectivity index (χ1) is 9.97. The molecule has 0 amide bonds. The molecule has 0 aliphatic carbocycles. The van der Waals surface area contributed by atoms with E-state index in [4.69, 9.17) is 5.11 Å². The van der Waals surface area contributed by atoms with E-state index in [1.54, 1.807) is 6.07 Å². The zero-order valence-corrected chi connectivity index (χ0v) is 11.3. The Kier molecular flexibility index (Phi) is 4.13. The van der Waals surface area contributed by atoms with E-state index < -0.39 is 11.9 Å². The molecule has 1 aromatic carbocycles. The highest BCUT2D eigenvalue weighted by Gasteiger charge is 2.11. The summed E-state index contributed by atoms with van der Waals surface area (Å²) in [6.07, 6.45) is 2.23. The number of aliphatic carboxylic acids is 2. The van der Waals surface area contributed by atoms with Crippen LogP contribution in [0.2, 0.25) is 0 Å². The minimum Gasteiger partial charge on any atom is -0.478 e. The number of para-hydroxylation sites is 1. The van der Waals surface area contributed by atoms with E-state index >= 15 is 0 Å². The number of carboxylic acids is 2. The fraction of sp³-hybridized carbons (Fsp3) is 0.0625. The van der Waals surface area contributed by atoms with E-state index in [1.165, 1.54) is 13.0 Å². The Morgan fingerprint density at radius 2 is 1.81 bits per heavy atom. The van der Waals surface area contributed by atoms with Crippen molar-refractivity contribution in [3.63, 3.8) is 0 Å². The highest BCUT2D eigenvalue weighted by molar-refractivity contribution is 5.99. The Morgan fingerprint density at radius 3 is 2.48 bits per heavy atom. The summed E-state index contributed by atoms with van der Waals surface area (Å²) in [5.74, 6) is -2.38. The molecule has 0 unspecified atom stereocenters. The first-order valence-corrected chi connectivity index (χ1v) is 6.20. The molecule has 2 N–H and O–H groups in total. The van der Waals surface area contributed by atoms with Crippen molar-refractivity contribution in [3.05, 3.63) is 59.3 Å². The average Bonchev–Trinajstić information content (AvgIpc) is 2.43. The van der Waals surface area contributed by atoms with E-state index in [9.17, 15) is 14.7 Å². The fourth-order valence-corrected chi connectivity index (χ4v) is 1.92. The van der Waals surface area contributed by atoms with Gasteiger partial charge < -0.3 is 10.2 Å². The molecule has 0 aliphatic heterocycles. The van der Waals surface area contributed by atoms with Crippen LogP contribution in [-0.2, 0) is 9.59 Å². The summed E-state index contributed by atoms with van der Waals surface area (Å²) < 4.78 is 0. The number of fused-ring (bicyclic) bond motifs is 1. The van der Waals surface area contributed by atoms with Gasteiger partial charge in [0.05, 0.1) is 16.8 Å². The molecule has 0 aliphatic rings. The van der Waals surface area contributed by atoms with Gasteiger partial charge in [-0.1, -0.05) is 24.3 Å². The number of pyridine rings is 1. The van der Waals surface area contributed by atoms with Crippen molar-refractivity contribution in [2.75, 3.05) is 0 Å². The van der Waals surface area contributed by atoms with Crippen LogP contribution in [-0.4, -0.2) is 27.1 Å². The molecular formula is C16H13NO4. The van der Waals surface area contributed by atoms with Gasteiger partial charge >= 0.3 is 11.9 Å². The second-order valence-corrected chi connectivity index (χ2v) is 4.46. The number of nitrogens with zero attached hydrogens (tertiary/aromatic N) is 1. The van der Waals surface area contributed by atoms with Gasteiger partial charge in [0.25, 0.3) is 0 Å². The zero-order valence-electron chi connectivity index (χ0n) is 11.3. The summed E-state index contributed by atoms with van der Waals surface area (Å²) >= 11 is 0. The van der Waals surface area contributed by atoms with E-state index in [0.717, 1.165) is 17.0 Å². The molecule has 0 saturated carbocycles. The SMILES string of the molecule is CC(=C\C(=O)O)/C(=C\c1ccc2ccccc2n1)C(=O)O. The number of hydrogen-bond donors (Lipinski definition) is 2. The second-order valence-electron chi connectivity index (χ2n) is 4.46. The van der Waals surface area contributed by atoms with Gasteiger partial charge in [0.2, 0.25) is 0 Å². The van der Waals surface area contributed by atoms with Gasteiger partial charge in [-0.05, 0) is 30.7 Å². The number of carbonyl (C=O) groups is 2. The molecule has 0 saturated heterocycles. The lowest BCUT2D eigenvalue weighted by molar-refractivity contribution is -0.132. The van der Waals surface area contributed by atoms with Crippen molar-refractivity contribution in [2.24, 2.45) is 0 Å². The number of aromatic nitrogens is 1.